The standard InChI is InChI=1S/C12H20O6/c1-11(2)14-5-6(16-11)8-7(13)9-10(15-8)18-12(3,4)17-9/h6-10,13H,5H2,1-4H3/p+1. The highest BCUT2D eigenvalue weighted by molar-refractivity contribution is 4.97. The van der Waals surface area contributed by atoms with Gasteiger partial charge in [-0.1, -0.05) is 0 Å². The van der Waals surface area contributed by atoms with E-state index in [2.05, 4.69) is 0 Å². The molecule has 5 atom stereocenters. The molecule has 3 fully saturated rings. The van der Waals surface area contributed by atoms with E-state index >= 15 is 0 Å². The summed E-state index contributed by atoms with van der Waals surface area (Å²) in [5.41, 5.74) is 0. The summed E-state index contributed by atoms with van der Waals surface area (Å²) in [6, 6.07) is 0. The maximum atomic E-state index is 8.22. The predicted molar refractivity (Wildman–Crippen MR) is 61.0 cm³/mol. The molecule has 0 aromatic heterocycles. The van der Waals surface area contributed by atoms with Gasteiger partial charge in [0.15, 0.2) is 30.1 Å². The Hall–Kier alpha value is -0.240. The van der Waals surface area contributed by atoms with Crippen molar-refractivity contribution < 1.29 is 28.8 Å². The molecule has 0 radical (unpaired) electrons. The molecule has 3 aliphatic rings. The minimum atomic E-state index is -0.675. The Balaban J connectivity index is 1.68. The van der Waals surface area contributed by atoms with Crippen LogP contribution in [0, 0.1) is 0 Å². The molecule has 0 aliphatic carbocycles. The fourth-order valence-electron chi connectivity index (χ4n) is 2.73. The first kappa shape index (κ1) is 12.8. The third kappa shape index (κ3) is 2.07. The van der Waals surface area contributed by atoms with E-state index in [0.29, 0.717) is 6.61 Å². The predicted octanol–water partition coefficient (Wildman–Crippen LogP) is 0.107. The lowest BCUT2D eigenvalue weighted by molar-refractivity contribution is -0.232. The highest BCUT2D eigenvalue weighted by Crippen LogP contribution is 2.40. The highest BCUT2D eigenvalue weighted by atomic mass is 16.8. The van der Waals surface area contributed by atoms with Crippen molar-refractivity contribution in [2.45, 2.75) is 70.0 Å². The molecule has 0 aromatic rings. The molecule has 0 spiro atoms. The van der Waals surface area contributed by atoms with Crippen LogP contribution in [0.1, 0.15) is 27.7 Å². The van der Waals surface area contributed by atoms with Crippen LogP contribution >= 0.6 is 0 Å². The van der Waals surface area contributed by atoms with Crippen molar-refractivity contribution in [2.24, 2.45) is 0 Å². The van der Waals surface area contributed by atoms with E-state index in [1.165, 1.54) is 0 Å². The Morgan fingerprint density at radius 1 is 0.944 bits per heavy atom. The fraction of sp³-hybridized carbons (Fsp3) is 1.00. The molecular weight excluding hydrogens is 240 g/mol. The van der Waals surface area contributed by atoms with Crippen LogP contribution in [0.4, 0.5) is 0 Å². The summed E-state index contributed by atoms with van der Waals surface area (Å²) in [5.74, 6) is -1.28. The summed E-state index contributed by atoms with van der Waals surface area (Å²) >= 11 is 0. The van der Waals surface area contributed by atoms with E-state index in [0.717, 1.165) is 0 Å². The Bertz CT molecular complexity index is 341. The molecule has 0 amide bonds. The molecule has 0 aromatic carbocycles. The molecule has 0 bridgehead atoms. The smallest absolute Gasteiger partial charge is 0.215 e. The van der Waals surface area contributed by atoms with E-state index < -0.39 is 24.0 Å². The maximum absolute atomic E-state index is 8.22. The van der Waals surface area contributed by atoms with Gasteiger partial charge in [0.25, 0.3) is 0 Å². The van der Waals surface area contributed by atoms with Crippen molar-refractivity contribution >= 4 is 0 Å². The highest BCUT2D eigenvalue weighted by Gasteiger charge is 2.60. The van der Waals surface area contributed by atoms with Crippen molar-refractivity contribution in [1.29, 1.82) is 0 Å². The summed E-state index contributed by atoms with van der Waals surface area (Å²) in [5, 5.41) is 8.22. The van der Waals surface area contributed by atoms with Crippen LogP contribution in [0.25, 0.3) is 0 Å². The number of hydrogen-bond acceptors (Lipinski definition) is 5. The zero-order valence-corrected chi connectivity index (χ0v) is 11.1. The Morgan fingerprint density at radius 3 is 2.22 bits per heavy atom. The summed E-state index contributed by atoms with van der Waals surface area (Å²) in [7, 11) is 0. The van der Waals surface area contributed by atoms with Crippen molar-refractivity contribution in [3.63, 3.8) is 0 Å². The molecule has 5 unspecified atom stereocenters. The molecule has 3 rings (SSSR count). The van der Waals surface area contributed by atoms with Gasteiger partial charge in [-0.25, -0.2) is 0 Å². The molecular formula is C12H21O6+. The third-order valence-electron chi connectivity index (χ3n) is 3.48. The quantitative estimate of drug-likeness (QED) is 0.626. The molecule has 0 saturated carbocycles. The zero-order chi connectivity index (χ0) is 13.1. The summed E-state index contributed by atoms with van der Waals surface area (Å²) in [4.78, 5) is 0. The Kier molecular flexibility index (Phi) is 2.75. The van der Waals surface area contributed by atoms with Gasteiger partial charge in [0.2, 0.25) is 6.10 Å². The lowest BCUT2D eigenvalue weighted by Gasteiger charge is -2.24. The van der Waals surface area contributed by atoms with Gasteiger partial charge in [0.05, 0.1) is 6.61 Å². The van der Waals surface area contributed by atoms with Crippen molar-refractivity contribution in [3.05, 3.63) is 0 Å². The van der Waals surface area contributed by atoms with Gasteiger partial charge in [-0.2, -0.15) is 0 Å². The second-order valence-corrected chi connectivity index (χ2v) is 5.96. The van der Waals surface area contributed by atoms with Crippen LogP contribution in [0.5, 0.6) is 0 Å². The van der Waals surface area contributed by atoms with Crippen LogP contribution in [0.2, 0.25) is 0 Å². The molecule has 3 heterocycles. The summed E-state index contributed by atoms with van der Waals surface area (Å²) in [6.07, 6.45) is -1.93. The van der Waals surface area contributed by atoms with Crippen LogP contribution in [0.15, 0.2) is 0 Å². The van der Waals surface area contributed by atoms with E-state index in [4.69, 9.17) is 28.8 Å². The molecule has 3 aliphatic heterocycles. The molecule has 18 heavy (non-hydrogen) atoms. The number of ether oxygens (including phenoxy) is 5. The summed E-state index contributed by atoms with van der Waals surface area (Å²) < 4.78 is 28.3. The largest absolute Gasteiger partial charge is 0.439 e. The van der Waals surface area contributed by atoms with Crippen LogP contribution < -0.4 is 0 Å². The Morgan fingerprint density at radius 2 is 1.67 bits per heavy atom. The van der Waals surface area contributed by atoms with Crippen molar-refractivity contribution in [3.8, 4) is 0 Å². The first-order valence-electron chi connectivity index (χ1n) is 6.31. The fourth-order valence-corrected chi connectivity index (χ4v) is 2.73. The topological polar surface area (TPSA) is 69.0 Å². The Labute approximate surface area is 106 Å². The van der Waals surface area contributed by atoms with Gasteiger partial charge in [-0.05, 0) is 27.7 Å². The van der Waals surface area contributed by atoms with E-state index in [9.17, 15) is 0 Å². The second-order valence-electron chi connectivity index (χ2n) is 5.96. The average molecular weight is 261 g/mol. The molecule has 2 N–H and O–H groups in total. The minimum Gasteiger partial charge on any atom is -0.439 e. The minimum absolute atomic E-state index is 0.233. The molecule has 104 valence electrons. The number of hydrogen-bond donors (Lipinski definition) is 0. The van der Waals surface area contributed by atoms with E-state index in [1.54, 1.807) is 0 Å². The number of fused-ring (bicyclic) bond motifs is 1. The normalized spacial score (nSPS) is 49.5. The molecule has 6 nitrogen and oxygen atoms in total. The van der Waals surface area contributed by atoms with Crippen molar-refractivity contribution in [2.75, 3.05) is 6.61 Å². The summed E-state index contributed by atoms with van der Waals surface area (Å²) in [6.45, 7) is 7.81. The van der Waals surface area contributed by atoms with Gasteiger partial charge >= 0.3 is 0 Å². The lowest BCUT2D eigenvalue weighted by atomic mass is 10.1. The first-order chi connectivity index (χ1) is 8.27. The van der Waals surface area contributed by atoms with Crippen LogP contribution in [-0.2, 0) is 23.7 Å². The zero-order valence-electron chi connectivity index (χ0n) is 11.1. The lowest BCUT2D eigenvalue weighted by Crippen LogP contribution is -2.42. The number of rotatable bonds is 1. The third-order valence-corrected chi connectivity index (χ3v) is 3.48. The van der Waals surface area contributed by atoms with Gasteiger partial charge in [-0.15, -0.1) is 0 Å². The van der Waals surface area contributed by atoms with E-state index in [-0.39, 0.29) is 18.3 Å². The van der Waals surface area contributed by atoms with Gasteiger partial charge in [0.1, 0.15) is 6.10 Å². The van der Waals surface area contributed by atoms with Crippen LogP contribution in [-0.4, -0.2) is 54.0 Å². The second kappa shape index (κ2) is 3.88. The average Bonchev–Trinajstić information content (AvgIpc) is 2.81. The maximum Gasteiger partial charge on any atom is 0.215 e. The molecule has 6 heteroatoms. The first-order valence-corrected chi connectivity index (χ1v) is 6.31. The van der Waals surface area contributed by atoms with Crippen molar-refractivity contribution in [1.82, 2.24) is 0 Å². The van der Waals surface area contributed by atoms with Gasteiger partial charge < -0.3 is 28.8 Å². The van der Waals surface area contributed by atoms with Crippen LogP contribution in [0.3, 0.4) is 0 Å². The van der Waals surface area contributed by atoms with Gasteiger partial charge in [0, 0.05) is 0 Å². The van der Waals surface area contributed by atoms with E-state index in [1.807, 2.05) is 27.7 Å². The monoisotopic (exact) mass is 261 g/mol. The molecule has 3 saturated heterocycles. The SMILES string of the molecule is CC1(C)OCC(C2OC3OC(C)(C)OC3C2[OH2+])O1. The van der Waals surface area contributed by atoms with Gasteiger partial charge in [-0.3, -0.25) is 0 Å².